The number of nitrogens with zero attached hydrogens (tertiary/aromatic N) is 2. The van der Waals surface area contributed by atoms with Gasteiger partial charge >= 0.3 is 6.03 Å². The maximum absolute atomic E-state index is 11.5. The number of hydrogen-bond acceptors (Lipinski definition) is 4. The van der Waals surface area contributed by atoms with E-state index in [-0.39, 0.29) is 12.1 Å². The number of carbonyl (C=O) groups is 1. The second-order valence-electron chi connectivity index (χ2n) is 3.35. The Hall–Kier alpha value is -1.43. The molecular formula is C9H12N4OS. The van der Waals surface area contributed by atoms with Crippen LogP contribution in [0, 0.1) is 0 Å². The summed E-state index contributed by atoms with van der Waals surface area (Å²) in [5.74, 6) is 0. The Bertz CT molecular complexity index is 349. The second-order valence-corrected chi connectivity index (χ2v) is 4.13. The molecule has 6 heteroatoms. The van der Waals surface area contributed by atoms with Crippen LogP contribution in [-0.4, -0.2) is 21.7 Å². The molecule has 0 fully saturated rings. The highest BCUT2D eigenvalue weighted by molar-refractivity contribution is 7.10. The molecule has 0 aliphatic heterocycles. The fourth-order valence-corrected chi connectivity index (χ4v) is 1.89. The lowest BCUT2D eigenvalue weighted by molar-refractivity contribution is 0.249. The minimum atomic E-state index is -0.197. The molecule has 1 aliphatic carbocycles. The molecule has 0 aromatic carbocycles. The molecule has 1 heterocycles. The Morgan fingerprint density at radius 1 is 1.60 bits per heavy atom. The van der Waals surface area contributed by atoms with E-state index in [9.17, 15) is 4.79 Å². The van der Waals surface area contributed by atoms with E-state index in [1.54, 1.807) is 0 Å². The van der Waals surface area contributed by atoms with Gasteiger partial charge < -0.3 is 5.32 Å². The van der Waals surface area contributed by atoms with E-state index < -0.39 is 0 Å². The van der Waals surface area contributed by atoms with Crippen LogP contribution in [0.5, 0.6) is 0 Å². The lowest BCUT2D eigenvalue weighted by Gasteiger charge is -2.17. The normalized spacial score (nSPS) is 19.9. The number of allylic oxidation sites excluding steroid dienone is 1. The van der Waals surface area contributed by atoms with E-state index in [1.165, 1.54) is 6.20 Å². The molecule has 2 rings (SSSR count). The number of anilines is 1. The van der Waals surface area contributed by atoms with Crippen molar-refractivity contribution in [3.05, 3.63) is 18.3 Å². The van der Waals surface area contributed by atoms with Crippen LogP contribution in [0.2, 0.25) is 0 Å². The van der Waals surface area contributed by atoms with Crippen LogP contribution in [-0.2, 0) is 0 Å². The lowest BCUT2D eigenvalue weighted by atomic mass is 10.0. The maximum atomic E-state index is 11.5. The van der Waals surface area contributed by atoms with Crippen LogP contribution in [0.15, 0.2) is 18.3 Å². The van der Waals surface area contributed by atoms with Crippen molar-refractivity contribution in [1.82, 2.24) is 14.9 Å². The molecule has 5 nitrogen and oxygen atoms in total. The van der Waals surface area contributed by atoms with Crippen molar-refractivity contribution in [2.75, 3.05) is 5.32 Å². The van der Waals surface area contributed by atoms with E-state index in [1.807, 2.05) is 6.08 Å². The zero-order valence-electron chi connectivity index (χ0n) is 8.14. The first kappa shape index (κ1) is 10.1. The Morgan fingerprint density at radius 2 is 2.53 bits per heavy atom. The molecule has 80 valence electrons. The number of amides is 2. The number of carbonyl (C=O) groups excluding carboxylic acids is 1. The van der Waals surface area contributed by atoms with E-state index >= 15 is 0 Å². The minimum absolute atomic E-state index is 0.152. The monoisotopic (exact) mass is 224 g/mol. The van der Waals surface area contributed by atoms with Gasteiger partial charge in [-0.25, -0.2) is 4.79 Å². The van der Waals surface area contributed by atoms with E-state index in [4.69, 9.17) is 0 Å². The SMILES string of the molecule is O=C(Nc1cnns1)N[C@@H]1C=CCCC1. The number of nitrogens with one attached hydrogen (secondary N) is 2. The average molecular weight is 224 g/mol. The standard InChI is InChI=1S/C9H12N4OS/c14-9(12-8-6-10-13-15-8)11-7-4-2-1-3-5-7/h2,4,6-7H,1,3,5H2,(H2,11,12,14)/t7-/m1/s1. The summed E-state index contributed by atoms with van der Waals surface area (Å²) in [7, 11) is 0. The van der Waals surface area contributed by atoms with Gasteiger partial charge in [-0.05, 0) is 19.3 Å². The molecule has 0 bridgehead atoms. The smallest absolute Gasteiger partial charge is 0.320 e. The van der Waals surface area contributed by atoms with Gasteiger partial charge in [-0.1, -0.05) is 16.6 Å². The highest BCUT2D eigenvalue weighted by Crippen LogP contribution is 2.11. The van der Waals surface area contributed by atoms with Crippen LogP contribution in [0.4, 0.5) is 9.80 Å². The topological polar surface area (TPSA) is 66.9 Å². The molecule has 1 aromatic rings. The molecule has 0 radical (unpaired) electrons. The highest BCUT2D eigenvalue weighted by atomic mass is 32.1. The van der Waals surface area contributed by atoms with Gasteiger partial charge in [-0.2, -0.15) is 0 Å². The molecular weight excluding hydrogens is 212 g/mol. The third-order valence-corrected chi connectivity index (χ3v) is 2.75. The van der Waals surface area contributed by atoms with Gasteiger partial charge in [0.25, 0.3) is 0 Å². The molecule has 0 saturated heterocycles. The molecule has 15 heavy (non-hydrogen) atoms. The quantitative estimate of drug-likeness (QED) is 0.752. The third kappa shape index (κ3) is 3.02. The highest BCUT2D eigenvalue weighted by Gasteiger charge is 2.11. The lowest BCUT2D eigenvalue weighted by Crippen LogP contribution is -2.37. The predicted molar refractivity (Wildman–Crippen MR) is 58.8 cm³/mol. The van der Waals surface area contributed by atoms with Crippen molar-refractivity contribution in [1.29, 1.82) is 0 Å². The van der Waals surface area contributed by atoms with Gasteiger partial charge in [-0.15, -0.1) is 5.10 Å². The number of urea groups is 1. The van der Waals surface area contributed by atoms with E-state index in [0.29, 0.717) is 5.00 Å². The van der Waals surface area contributed by atoms with Crippen LogP contribution >= 0.6 is 11.5 Å². The Kier molecular flexibility index (Phi) is 3.29. The van der Waals surface area contributed by atoms with Crippen molar-refractivity contribution >= 4 is 22.6 Å². The summed E-state index contributed by atoms with van der Waals surface area (Å²) in [6.45, 7) is 0. The summed E-state index contributed by atoms with van der Waals surface area (Å²) in [4.78, 5) is 11.5. The first-order valence-electron chi connectivity index (χ1n) is 4.86. The van der Waals surface area contributed by atoms with Crippen molar-refractivity contribution in [3.8, 4) is 0 Å². The second kappa shape index (κ2) is 4.88. The fourth-order valence-electron chi connectivity index (χ4n) is 1.47. The Balaban J connectivity index is 1.82. The van der Waals surface area contributed by atoms with E-state index in [2.05, 4.69) is 26.3 Å². The minimum Gasteiger partial charge on any atom is -0.332 e. The van der Waals surface area contributed by atoms with Crippen LogP contribution in [0.3, 0.4) is 0 Å². The molecule has 0 unspecified atom stereocenters. The Morgan fingerprint density at radius 3 is 3.20 bits per heavy atom. The number of hydrogen-bond donors (Lipinski definition) is 2. The molecule has 2 amide bonds. The summed E-state index contributed by atoms with van der Waals surface area (Å²) in [5.41, 5.74) is 0. The summed E-state index contributed by atoms with van der Waals surface area (Å²) in [6, 6.07) is -0.0442. The van der Waals surface area contributed by atoms with E-state index in [0.717, 1.165) is 30.8 Å². The number of aromatic nitrogens is 2. The summed E-state index contributed by atoms with van der Waals surface area (Å²) < 4.78 is 3.66. The largest absolute Gasteiger partial charge is 0.332 e. The molecule has 2 N–H and O–H groups in total. The summed E-state index contributed by atoms with van der Waals surface area (Å²) in [6.07, 6.45) is 8.91. The first-order chi connectivity index (χ1) is 7.34. The fraction of sp³-hybridized carbons (Fsp3) is 0.444. The Labute approximate surface area is 91.7 Å². The van der Waals surface area contributed by atoms with Crippen LogP contribution in [0.25, 0.3) is 0 Å². The van der Waals surface area contributed by atoms with Crippen LogP contribution < -0.4 is 10.6 Å². The molecule has 0 spiro atoms. The third-order valence-electron chi connectivity index (χ3n) is 2.17. The van der Waals surface area contributed by atoms with Crippen LogP contribution in [0.1, 0.15) is 19.3 Å². The number of rotatable bonds is 2. The van der Waals surface area contributed by atoms with Gasteiger partial charge in [0, 0.05) is 17.6 Å². The zero-order chi connectivity index (χ0) is 10.5. The van der Waals surface area contributed by atoms with Gasteiger partial charge in [0.2, 0.25) is 0 Å². The summed E-state index contributed by atoms with van der Waals surface area (Å²) >= 11 is 1.16. The molecule has 0 saturated carbocycles. The van der Waals surface area contributed by atoms with Gasteiger partial charge in [0.15, 0.2) is 0 Å². The van der Waals surface area contributed by atoms with Crippen molar-refractivity contribution in [2.45, 2.75) is 25.3 Å². The molecule has 1 aromatic heterocycles. The maximum Gasteiger partial charge on any atom is 0.320 e. The van der Waals surface area contributed by atoms with Gasteiger partial charge in [0.05, 0.1) is 6.20 Å². The van der Waals surface area contributed by atoms with Crippen molar-refractivity contribution in [3.63, 3.8) is 0 Å². The van der Waals surface area contributed by atoms with Crippen molar-refractivity contribution in [2.24, 2.45) is 0 Å². The first-order valence-corrected chi connectivity index (χ1v) is 5.63. The zero-order valence-corrected chi connectivity index (χ0v) is 8.96. The summed E-state index contributed by atoms with van der Waals surface area (Å²) in [5, 5.41) is 9.84. The van der Waals surface area contributed by atoms with Gasteiger partial charge in [0.1, 0.15) is 5.00 Å². The van der Waals surface area contributed by atoms with Gasteiger partial charge in [-0.3, -0.25) is 5.32 Å². The van der Waals surface area contributed by atoms with Crippen molar-refractivity contribution < 1.29 is 4.79 Å². The molecule has 1 aliphatic rings. The molecule has 1 atom stereocenters. The average Bonchev–Trinajstić information content (AvgIpc) is 2.71. The predicted octanol–water partition coefficient (Wildman–Crippen LogP) is 1.77.